The summed E-state index contributed by atoms with van der Waals surface area (Å²) in [4.78, 5) is 11.8. The average molecular weight is 260 g/mol. The summed E-state index contributed by atoms with van der Waals surface area (Å²) in [7, 11) is 1.34. The van der Waals surface area contributed by atoms with Gasteiger partial charge in [-0.3, -0.25) is 0 Å². The van der Waals surface area contributed by atoms with Gasteiger partial charge >= 0.3 is 5.97 Å². The molecule has 0 saturated carbocycles. The SMILES string of the molecule is CO/C(=C/C=C/c1cc2ccccc2s1)C(=O)O. The lowest BCUT2D eigenvalue weighted by atomic mass is 10.2. The van der Waals surface area contributed by atoms with Crippen molar-refractivity contribution in [1.82, 2.24) is 0 Å². The maximum Gasteiger partial charge on any atom is 0.371 e. The second kappa shape index (κ2) is 5.51. The first kappa shape index (κ1) is 12.4. The zero-order valence-corrected chi connectivity index (χ0v) is 10.6. The summed E-state index contributed by atoms with van der Waals surface area (Å²) in [5.74, 6) is -1.15. The monoisotopic (exact) mass is 260 g/mol. The number of methoxy groups -OCH3 is 1. The van der Waals surface area contributed by atoms with E-state index in [-0.39, 0.29) is 5.76 Å². The number of benzene rings is 1. The van der Waals surface area contributed by atoms with Crippen LogP contribution in [0, 0.1) is 0 Å². The number of carbonyl (C=O) groups is 1. The average Bonchev–Trinajstić information content (AvgIpc) is 2.76. The van der Waals surface area contributed by atoms with E-state index in [0.29, 0.717) is 0 Å². The third kappa shape index (κ3) is 2.78. The Morgan fingerprint density at radius 2 is 2.17 bits per heavy atom. The topological polar surface area (TPSA) is 46.5 Å². The number of carboxylic acid groups (broad SMARTS) is 1. The van der Waals surface area contributed by atoms with Crippen molar-refractivity contribution in [2.45, 2.75) is 0 Å². The summed E-state index contributed by atoms with van der Waals surface area (Å²) < 4.78 is 5.94. The van der Waals surface area contributed by atoms with Crippen LogP contribution in [0.15, 0.2) is 48.2 Å². The van der Waals surface area contributed by atoms with Gasteiger partial charge in [0.1, 0.15) is 0 Å². The van der Waals surface area contributed by atoms with Gasteiger partial charge in [0.05, 0.1) is 7.11 Å². The molecule has 1 heterocycles. The number of carboxylic acids is 1. The first-order valence-electron chi connectivity index (χ1n) is 5.35. The highest BCUT2D eigenvalue weighted by Gasteiger charge is 2.03. The van der Waals surface area contributed by atoms with Crippen molar-refractivity contribution in [3.05, 3.63) is 53.1 Å². The lowest BCUT2D eigenvalue weighted by Crippen LogP contribution is -2.01. The second-order valence-electron chi connectivity index (χ2n) is 3.59. The molecule has 0 aliphatic carbocycles. The van der Waals surface area contributed by atoms with Crippen LogP contribution >= 0.6 is 11.3 Å². The van der Waals surface area contributed by atoms with Crippen LogP contribution < -0.4 is 0 Å². The zero-order valence-electron chi connectivity index (χ0n) is 9.79. The van der Waals surface area contributed by atoms with Crippen molar-refractivity contribution in [2.75, 3.05) is 7.11 Å². The van der Waals surface area contributed by atoms with Gasteiger partial charge in [-0.25, -0.2) is 4.79 Å². The zero-order chi connectivity index (χ0) is 13.0. The van der Waals surface area contributed by atoms with Gasteiger partial charge in [-0.05, 0) is 29.7 Å². The minimum atomic E-state index is -1.07. The Morgan fingerprint density at radius 1 is 1.39 bits per heavy atom. The second-order valence-corrected chi connectivity index (χ2v) is 4.70. The molecule has 0 saturated heterocycles. The highest BCUT2D eigenvalue weighted by molar-refractivity contribution is 7.19. The van der Waals surface area contributed by atoms with Crippen LogP contribution in [0.25, 0.3) is 16.2 Å². The Hall–Kier alpha value is -2.07. The molecule has 1 N–H and O–H groups in total. The third-order valence-corrected chi connectivity index (χ3v) is 3.46. The first-order valence-corrected chi connectivity index (χ1v) is 6.16. The fourth-order valence-corrected chi connectivity index (χ4v) is 2.52. The standard InChI is InChI=1S/C14H12O3S/c1-17-12(14(15)16)7-4-6-11-9-10-5-2-3-8-13(10)18-11/h2-9H,1H3,(H,15,16)/b6-4+,12-7+. The molecule has 2 aromatic rings. The van der Waals surface area contributed by atoms with Crippen molar-refractivity contribution in [2.24, 2.45) is 0 Å². The van der Waals surface area contributed by atoms with Crippen LogP contribution in [0.1, 0.15) is 4.88 Å². The quantitative estimate of drug-likeness (QED) is 0.519. The van der Waals surface area contributed by atoms with E-state index in [4.69, 9.17) is 9.84 Å². The smallest absolute Gasteiger partial charge is 0.371 e. The minimum Gasteiger partial charge on any atom is -0.490 e. The molecule has 2 rings (SSSR count). The first-order chi connectivity index (χ1) is 8.70. The molecule has 1 aromatic carbocycles. The van der Waals surface area contributed by atoms with Crippen molar-refractivity contribution < 1.29 is 14.6 Å². The molecule has 1 aromatic heterocycles. The maximum absolute atomic E-state index is 10.7. The van der Waals surface area contributed by atoms with E-state index < -0.39 is 5.97 Å². The lowest BCUT2D eigenvalue weighted by molar-refractivity contribution is -0.136. The van der Waals surface area contributed by atoms with Crippen LogP contribution in [0.3, 0.4) is 0 Å². The van der Waals surface area contributed by atoms with E-state index >= 15 is 0 Å². The Morgan fingerprint density at radius 3 is 2.83 bits per heavy atom. The highest BCUT2D eigenvalue weighted by atomic mass is 32.1. The summed E-state index contributed by atoms with van der Waals surface area (Å²) in [6.07, 6.45) is 4.98. The Balaban J connectivity index is 2.20. The number of rotatable bonds is 4. The van der Waals surface area contributed by atoms with Gasteiger partial charge in [0, 0.05) is 9.58 Å². The molecule has 4 heteroatoms. The summed E-state index contributed by atoms with van der Waals surface area (Å²) in [5.41, 5.74) is 0. The fraction of sp³-hybridized carbons (Fsp3) is 0.0714. The van der Waals surface area contributed by atoms with Crippen molar-refractivity contribution in [1.29, 1.82) is 0 Å². The van der Waals surface area contributed by atoms with Crippen LogP contribution in [0.5, 0.6) is 0 Å². The molecular formula is C14H12O3S. The van der Waals surface area contributed by atoms with Crippen LogP contribution in [-0.2, 0) is 9.53 Å². The molecule has 92 valence electrons. The van der Waals surface area contributed by atoms with Crippen LogP contribution in [0.2, 0.25) is 0 Å². The van der Waals surface area contributed by atoms with Crippen LogP contribution in [0.4, 0.5) is 0 Å². The largest absolute Gasteiger partial charge is 0.490 e. The molecule has 0 bridgehead atoms. The van der Waals surface area contributed by atoms with Gasteiger partial charge in [-0.2, -0.15) is 0 Å². The molecule has 18 heavy (non-hydrogen) atoms. The molecule has 0 amide bonds. The summed E-state index contributed by atoms with van der Waals surface area (Å²) in [6.45, 7) is 0. The maximum atomic E-state index is 10.7. The number of aliphatic carboxylic acids is 1. The van der Waals surface area contributed by atoms with Gasteiger partial charge in [0.15, 0.2) is 0 Å². The Labute approximate surface area is 109 Å². The normalized spacial score (nSPS) is 12.2. The molecule has 3 nitrogen and oxygen atoms in total. The van der Waals surface area contributed by atoms with E-state index in [1.807, 2.05) is 18.2 Å². The Bertz CT molecular complexity index is 590. The summed E-state index contributed by atoms with van der Waals surface area (Å²) >= 11 is 1.66. The number of allylic oxidation sites excluding steroid dienone is 2. The number of ether oxygens (including phenoxy) is 1. The third-order valence-electron chi connectivity index (χ3n) is 2.38. The van der Waals surface area contributed by atoms with Gasteiger partial charge in [-0.1, -0.05) is 24.3 Å². The van der Waals surface area contributed by atoms with Crippen molar-refractivity contribution in [3.63, 3.8) is 0 Å². The fourth-order valence-electron chi connectivity index (χ4n) is 1.54. The molecule has 0 spiro atoms. The molecule has 0 unspecified atom stereocenters. The Kier molecular flexibility index (Phi) is 3.79. The van der Waals surface area contributed by atoms with Crippen molar-refractivity contribution in [3.8, 4) is 0 Å². The molecule has 0 atom stereocenters. The predicted molar refractivity (Wildman–Crippen MR) is 73.6 cm³/mol. The molecule has 0 fully saturated rings. The molecular weight excluding hydrogens is 248 g/mol. The van der Waals surface area contributed by atoms with Gasteiger partial charge in [0.2, 0.25) is 5.76 Å². The van der Waals surface area contributed by atoms with Gasteiger partial charge in [0.25, 0.3) is 0 Å². The molecule has 0 aliphatic rings. The lowest BCUT2D eigenvalue weighted by Gasteiger charge is -1.96. The van der Waals surface area contributed by atoms with E-state index in [1.54, 1.807) is 17.4 Å². The van der Waals surface area contributed by atoms with E-state index in [2.05, 4.69) is 18.2 Å². The highest BCUT2D eigenvalue weighted by Crippen LogP contribution is 2.26. The minimum absolute atomic E-state index is 0.0765. The molecule has 0 aliphatic heterocycles. The van der Waals surface area contributed by atoms with Gasteiger partial charge < -0.3 is 9.84 Å². The van der Waals surface area contributed by atoms with Crippen LogP contribution in [-0.4, -0.2) is 18.2 Å². The summed E-state index contributed by atoms with van der Waals surface area (Å²) in [5, 5.41) is 9.95. The predicted octanol–water partition coefficient (Wildman–Crippen LogP) is 3.53. The number of hydrogen-bond donors (Lipinski definition) is 1. The van der Waals surface area contributed by atoms with Crippen molar-refractivity contribution >= 4 is 33.5 Å². The number of hydrogen-bond acceptors (Lipinski definition) is 3. The summed E-state index contributed by atoms with van der Waals surface area (Å²) in [6, 6.07) is 10.2. The van der Waals surface area contributed by atoms with Gasteiger partial charge in [-0.15, -0.1) is 11.3 Å². The number of fused-ring (bicyclic) bond motifs is 1. The van der Waals surface area contributed by atoms with E-state index in [1.165, 1.54) is 23.3 Å². The molecule has 0 radical (unpaired) electrons. The number of thiophene rings is 1. The van der Waals surface area contributed by atoms with E-state index in [9.17, 15) is 4.79 Å². The van der Waals surface area contributed by atoms with E-state index in [0.717, 1.165) is 4.88 Å².